The summed E-state index contributed by atoms with van der Waals surface area (Å²) >= 11 is 0. The Labute approximate surface area is 120 Å². The lowest BCUT2D eigenvalue weighted by molar-refractivity contribution is -0.122. The first-order chi connectivity index (χ1) is 9.78. The highest BCUT2D eigenvalue weighted by Crippen LogP contribution is 2.27. The van der Waals surface area contributed by atoms with Crippen LogP contribution in [0, 0.1) is 5.92 Å². The third kappa shape index (κ3) is 4.76. The molecule has 1 aliphatic rings. The van der Waals surface area contributed by atoms with Crippen molar-refractivity contribution >= 4 is 5.91 Å². The van der Waals surface area contributed by atoms with Crippen LogP contribution in [0.3, 0.4) is 0 Å². The second-order valence-corrected chi connectivity index (χ2v) is 5.23. The van der Waals surface area contributed by atoms with Gasteiger partial charge in [0.05, 0.1) is 13.7 Å². The second kappa shape index (κ2) is 7.78. The Kier molecular flexibility index (Phi) is 5.71. The van der Waals surface area contributed by atoms with Gasteiger partial charge in [0.1, 0.15) is 18.1 Å². The van der Waals surface area contributed by atoms with Crippen LogP contribution in [0.4, 0.5) is 0 Å². The predicted octanol–water partition coefficient (Wildman–Crippen LogP) is 2.77. The molecular formula is C16H23NO3. The van der Waals surface area contributed by atoms with Crippen molar-refractivity contribution < 1.29 is 14.3 Å². The molecule has 1 aromatic carbocycles. The van der Waals surface area contributed by atoms with Crippen LogP contribution in [-0.2, 0) is 4.79 Å². The summed E-state index contributed by atoms with van der Waals surface area (Å²) in [6, 6.07) is 7.43. The topological polar surface area (TPSA) is 47.6 Å². The van der Waals surface area contributed by atoms with E-state index in [0.717, 1.165) is 11.5 Å². The van der Waals surface area contributed by atoms with E-state index in [2.05, 4.69) is 5.32 Å². The van der Waals surface area contributed by atoms with Gasteiger partial charge in [-0.25, -0.2) is 0 Å². The van der Waals surface area contributed by atoms with Gasteiger partial charge in [-0.15, -0.1) is 0 Å². The first-order valence-corrected chi connectivity index (χ1v) is 7.31. The Morgan fingerprint density at radius 1 is 1.20 bits per heavy atom. The smallest absolute Gasteiger partial charge is 0.220 e. The Bertz CT molecular complexity index is 410. The SMILES string of the molecule is COc1ccc(OCCNC(=O)CC2CCCC2)cc1. The second-order valence-electron chi connectivity index (χ2n) is 5.23. The molecule has 0 aromatic heterocycles. The van der Waals surface area contributed by atoms with E-state index in [4.69, 9.17) is 9.47 Å². The van der Waals surface area contributed by atoms with Crippen LogP contribution in [-0.4, -0.2) is 26.2 Å². The van der Waals surface area contributed by atoms with Gasteiger partial charge < -0.3 is 14.8 Å². The van der Waals surface area contributed by atoms with Gasteiger partial charge in [-0.2, -0.15) is 0 Å². The van der Waals surface area contributed by atoms with E-state index in [9.17, 15) is 4.79 Å². The Hall–Kier alpha value is -1.71. The molecule has 0 aliphatic heterocycles. The average Bonchev–Trinajstić information content (AvgIpc) is 2.97. The quantitative estimate of drug-likeness (QED) is 0.780. The van der Waals surface area contributed by atoms with Gasteiger partial charge >= 0.3 is 0 Å². The molecule has 20 heavy (non-hydrogen) atoms. The zero-order chi connectivity index (χ0) is 14.2. The zero-order valence-electron chi connectivity index (χ0n) is 12.1. The third-order valence-electron chi connectivity index (χ3n) is 3.70. The summed E-state index contributed by atoms with van der Waals surface area (Å²) in [5.41, 5.74) is 0. The fourth-order valence-corrected chi connectivity index (χ4v) is 2.58. The molecule has 110 valence electrons. The first kappa shape index (κ1) is 14.7. The third-order valence-corrected chi connectivity index (χ3v) is 3.70. The van der Waals surface area contributed by atoms with Crippen LogP contribution in [0.2, 0.25) is 0 Å². The highest BCUT2D eigenvalue weighted by molar-refractivity contribution is 5.76. The molecule has 1 aliphatic carbocycles. The number of ether oxygens (including phenoxy) is 2. The molecule has 0 saturated heterocycles. The van der Waals surface area contributed by atoms with E-state index < -0.39 is 0 Å². The molecule has 4 heteroatoms. The minimum absolute atomic E-state index is 0.148. The Morgan fingerprint density at radius 3 is 2.50 bits per heavy atom. The van der Waals surface area contributed by atoms with Crippen molar-refractivity contribution in [3.05, 3.63) is 24.3 Å². The molecule has 2 rings (SSSR count). The molecule has 0 radical (unpaired) electrons. The van der Waals surface area contributed by atoms with Crippen molar-refractivity contribution in [2.24, 2.45) is 5.92 Å². The number of rotatable bonds is 7. The lowest BCUT2D eigenvalue weighted by Gasteiger charge is -2.10. The minimum atomic E-state index is 0.148. The van der Waals surface area contributed by atoms with Crippen molar-refractivity contribution in [3.63, 3.8) is 0 Å². The highest BCUT2D eigenvalue weighted by Gasteiger charge is 2.17. The molecule has 1 N–H and O–H groups in total. The number of methoxy groups -OCH3 is 1. The van der Waals surface area contributed by atoms with Crippen LogP contribution in [0.25, 0.3) is 0 Å². The van der Waals surface area contributed by atoms with Crippen LogP contribution in [0.5, 0.6) is 11.5 Å². The molecule has 1 aromatic rings. The minimum Gasteiger partial charge on any atom is -0.497 e. The summed E-state index contributed by atoms with van der Waals surface area (Å²) in [6.07, 6.45) is 5.63. The standard InChI is InChI=1S/C16H23NO3/c1-19-14-6-8-15(9-7-14)20-11-10-17-16(18)12-13-4-2-3-5-13/h6-9,13H,2-5,10-12H2,1H3,(H,17,18). The van der Waals surface area contributed by atoms with Gasteiger partial charge in [0.25, 0.3) is 0 Å². The monoisotopic (exact) mass is 277 g/mol. The number of nitrogens with one attached hydrogen (secondary N) is 1. The summed E-state index contributed by atoms with van der Waals surface area (Å²) in [5.74, 6) is 2.34. The fraction of sp³-hybridized carbons (Fsp3) is 0.562. The van der Waals surface area contributed by atoms with Gasteiger partial charge in [0.15, 0.2) is 0 Å². The van der Waals surface area contributed by atoms with E-state index in [-0.39, 0.29) is 5.91 Å². The molecule has 1 fully saturated rings. The summed E-state index contributed by atoms with van der Waals surface area (Å²) in [4.78, 5) is 11.7. The maximum absolute atomic E-state index is 11.7. The zero-order valence-corrected chi connectivity index (χ0v) is 12.1. The highest BCUT2D eigenvalue weighted by atomic mass is 16.5. The first-order valence-electron chi connectivity index (χ1n) is 7.31. The number of hydrogen-bond acceptors (Lipinski definition) is 3. The molecule has 0 spiro atoms. The normalized spacial score (nSPS) is 15.1. The average molecular weight is 277 g/mol. The van der Waals surface area contributed by atoms with Gasteiger partial charge in [0.2, 0.25) is 5.91 Å². The summed E-state index contributed by atoms with van der Waals surface area (Å²) < 4.78 is 10.6. The number of carbonyl (C=O) groups is 1. The van der Waals surface area contributed by atoms with Gasteiger partial charge in [-0.1, -0.05) is 12.8 Å². The number of benzene rings is 1. The molecule has 0 atom stereocenters. The van der Waals surface area contributed by atoms with Crippen molar-refractivity contribution in [2.45, 2.75) is 32.1 Å². The Morgan fingerprint density at radius 2 is 1.85 bits per heavy atom. The molecule has 4 nitrogen and oxygen atoms in total. The largest absolute Gasteiger partial charge is 0.497 e. The molecular weight excluding hydrogens is 254 g/mol. The van der Waals surface area contributed by atoms with Gasteiger partial charge in [-0.3, -0.25) is 4.79 Å². The number of carbonyl (C=O) groups excluding carboxylic acids is 1. The van der Waals surface area contributed by atoms with Crippen LogP contribution < -0.4 is 14.8 Å². The van der Waals surface area contributed by atoms with E-state index in [1.807, 2.05) is 24.3 Å². The molecule has 0 unspecified atom stereocenters. The van der Waals surface area contributed by atoms with Gasteiger partial charge in [0, 0.05) is 6.42 Å². The van der Waals surface area contributed by atoms with Gasteiger partial charge in [-0.05, 0) is 43.0 Å². The van der Waals surface area contributed by atoms with Crippen LogP contribution in [0.15, 0.2) is 24.3 Å². The Balaban J connectivity index is 1.59. The lowest BCUT2D eigenvalue weighted by Crippen LogP contribution is -2.29. The van der Waals surface area contributed by atoms with E-state index >= 15 is 0 Å². The fourth-order valence-electron chi connectivity index (χ4n) is 2.58. The molecule has 1 saturated carbocycles. The summed E-state index contributed by atoms with van der Waals surface area (Å²) in [5, 5.41) is 2.91. The maximum Gasteiger partial charge on any atom is 0.220 e. The number of amides is 1. The van der Waals surface area contributed by atoms with Crippen molar-refractivity contribution in [3.8, 4) is 11.5 Å². The molecule has 0 bridgehead atoms. The van der Waals surface area contributed by atoms with Crippen molar-refractivity contribution in [2.75, 3.05) is 20.3 Å². The van der Waals surface area contributed by atoms with Crippen LogP contribution >= 0.6 is 0 Å². The summed E-state index contributed by atoms with van der Waals surface area (Å²) in [7, 11) is 1.63. The molecule has 0 heterocycles. The summed E-state index contributed by atoms with van der Waals surface area (Å²) in [6.45, 7) is 1.04. The van der Waals surface area contributed by atoms with Crippen molar-refractivity contribution in [1.29, 1.82) is 0 Å². The van der Waals surface area contributed by atoms with Crippen LogP contribution in [0.1, 0.15) is 32.1 Å². The lowest BCUT2D eigenvalue weighted by atomic mass is 10.0. The van der Waals surface area contributed by atoms with E-state index in [1.165, 1.54) is 25.7 Å². The number of hydrogen-bond donors (Lipinski definition) is 1. The van der Waals surface area contributed by atoms with E-state index in [1.54, 1.807) is 7.11 Å². The maximum atomic E-state index is 11.7. The van der Waals surface area contributed by atoms with Crippen molar-refractivity contribution in [1.82, 2.24) is 5.32 Å². The molecule has 1 amide bonds. The van der Waals surface area contributed by atoms with E-state index in [0.29, 0.717) is 25.5 Å². The predicted molar refractivity (Wildman–Crippen MR) is 78.1 cm³/mol.